The van der Waals surface area contributed by atoms with Gasteiger partial charge in [0.1, 0.15) is 0 Å². The number of nitrogens with one attached hydrogen (secondary N) is 1. The van der Waals surface area contributed by atoms with Crippen LogP contribution < -0.4 is 5.32 Å². The van der Waals surface area contributed by atoms with Crippen molar-refractivity contribution in [2.75, 3.05) is 7.05 Å². The van der Waals surface area contributed by atoms with E-state index >= 15 is 0 Å². The molecular formula is C16H22BrN3O. The van der Waals surface area contributed by atoms with Crippen molar-refractivity contribution in [2.45, 2.75) is 39.7 Å². The number of hydrogen-bond acceptors (Lipinski definition) is 4. The molecule has 21 heavy (non-hydrogen) atoms. The second kappa shape index (κ2) is 6.71. The van der Waals surface area contributed by atoms with E-state index in [2.05, 4.69) is 58.2 Å². The van der Waals surface area contributed by atoms with E-state index in [-0.39, 0.29) is 12.0 Å². The van der Waals surface area contributed by atoms with Crippen LogP contribution in [0, 0.1) is 12.8 Å². The lowest BCUT2D eigenvalue weighted by atomic mass is 9.89. The molecule has 0 spiro atoms. The Balaban J connectivity index is 2.36. The molecule has 2 rings (SSSR count). The quantitative estimate of drug-likeness (QED) is 0.878. The molecule has 1 aromatic carbocycles. The molecule has 2 aromatic rings. The van der Waals surface area contributed by atoms with E-state index in [4.69, 9.17) is 4.52 Å². The van der Waals surface area contributed by atoms with Gasteiger partial charge in [-0.15, -0.1) is 0 Å². The Kier molecular flexibility index (Phi) is 5.17. The van der Waals surface area contributed by atoms with E-state index in [1.165, 1.54) is 0 Å². The smallest absolute Gasteiger partial charge is 0.231 e. The van der Waals surface area contributed by atoms with Crippen molar-refractivity contribution in [1.82, 2.24) is 15.5 Å². The van der Waals surface area contributed by atoms with E-state index in [1.807, 2.05) is 26.1 Å². The summed E-state index contributed by atoms with van der Waals surface area (Å²) >= 11 is 3.47. The summed E-state index contributed by atoms with van der Waals surface area (Å²) in [6, 6.07) is 6.35. The Morgan fingerprint density at radius 3 is 2.52 bits per heavy atom. The van der Waals surface area contributed by atoms with E-state index in [0.29, 0.717) is 17.6 Å². The normalized spacial score (nSPS) is 14.4. The lowest BCUT2D eigenvalue weighted by molar-refractivity contribution is 0.286. The van der Waals surface area contributed by atoms with Crippen molar-refractivity contribution < 1.29 is 4.52 Å². The number of hydrogen-bond donors (Lipinski definition) is 1. The van der Waals surface area contributed by atoms with Crippen molar-refractivity contribution in [3.63, 3.8) is 0 Å². The number of rotatable bonds is 5. The topological polar surface area (TPSA) is 51.0 Å². The first kappa shape index (κ1) is 16.2. The minimum Gasteiger partial charge on any atom is -0.339 e. The SMILES string of the molecule is CNC(C)C(c1nc(-c2ccc(Br)cc2C)no1)C(C)C. The van der Waals surface area contributed by atoms with Crippen LogP contribution in [-0.2, 0) is 0 Å². The third-order valence-electron chi connectivity index (χ3n) is 3.87. The average Bonchev–Trinajstić information content (AvgIpc) is 2.87. The fraction of sp³-hybridized carbons (Fsp3) is 0.500. The summed E-state index contributed by atoms with van der Waals surface area (Å²) in [5.41, 5.74) is 2.13. The van der Waals surface area contributed by atoms with Crippen LogP contribution in [0.25, 0.3) is 11.4 Å². The van der Waals surface area contributed by atoms with Gasteiger partial charge >= 0.3 is 0 Å². The highest BCUT2D eigenvalue weighted by Gasteiger charge is 2.27. The summed E-state index contributed by atoms with van der Waals surface area (Å²) in [6.07, 6.45) is 0. The second-order valence-corrected chi connectivity index (χ2v) is 6.68. The summed E-state index contributed by atoms with van der Waals surface area (Å²) in [7, 11) is 1.95. The molecule has 2 atom stereocenters. The molecule has 0 saturated carbocycles. The van der Waals surface area contributed by atoms with Gasteiger partial charge < -0.3 is 9.84 Å². The molecule has 0 saturated heterocycles. The fourth-order valence-electron chi connectivity index (χ4n) is 2.61. The number of halogens is 1. The number of nitrogens with zero attached hydrogens (tertiary/aromatic N) is 2. The van der Waals surface area contributed by atoms with Gasteiger partial charge in [0.15, 0.2) is 0 Å². The largest absolute Gasteiger partial charge is 0.339 e. The van der Waals surface area contributed by atoms with Crippen LogP contribution in [0.15, 0.2) is 27.2 Å². The van der Waals surface area contributed by atoms with Crippen LogP contribution in [0.2, 0.25) is 0 Å². The Morgan fingerprint density at radius 1 is 1.24 bits per heavy atom. The summed E-state index contributed by atoms with van der Waals surface area (Å²) in [4.78, 5) is 4.63. The minimum absolute atomic E-state index is 0.201. The highest BCUT2D eigenvalue weighted by molar-refractivity contribution is 9.10. The summed E-state index contributed by atoms with van der Waals surface area (Å²) in [6.45, 7) is 8.53. The van der Waals surface area contributed by atoms with E-state index in [9.17, 15) is 0 Å². The summed E-state index contributed by atoms with van der Waals surface area (Å²) < 4.78 is 6.59. The number of likely N-dealkylation sites (N-methyl/N-ethyl adjacent to an activating group) is 1. The number of aromatic nitrogens is 2. The van der Waals surface area contributed by atoms with Crippen LogP contribution in [0.3, 0.4) is 0 Å². The molecule has 0 fully saturated rings. The van der Waals surface area contributed by atoms with E-state index in [1.54, 1.807) is 0 Å². The molecule has 0 aliphatic heterocycles. The maximum Gasteiger partial charge on any atom is 0.231 e. The van der Waals surface area contributed by atoms with Gasteiger partial charge in [0.25, 0.3) is 0 Å². The van der Waals surface area contributed by atoms with Crippen molar-refractivity contribution >= 4 is 15.9 Å². The van der Waals surface area contributed by atoms with Crippen molar-refractivity contribution in [2.24, 2.45) is 5.92 Å². The Hall–Kier alpha value is -1.20. The molecular weight excluding hydrogens is 330 g/mol. The first-order valence-electron chi connectivity index (χ1n) is 7.21. The van der Waals surface area contributed by atoms with Crippen molar-refractivity contribution in [3.8, 4) is 11.4 Å². The molecule has 1 N–H and O–H groups in total. The number of aryl methyl sites for hydroxylation is 1. The molecule has 4 nitrogen and oxygen atoms in total. The van der Waals surface area contributed by atoms with Gasteiger partial charge in [-0.2, -0.15) is 4.98 Å². The Labute approximate surface area is 134 Å². The van der Waals surface area contributed by atoms with Crippen LogP contribution in [-0.4, -0.2) is 23.2 Å². The third kappa shape index (κ3) is 3.52. The molecule has 1 aromatic heterocycles. The predicted molar refractivity (Wildman–Crippen MR) is 88.3 cm³/mol. The lowest BCUT2D eigenvalue weighted by Crippen LogP contribution is -2.32. The highest BCUT2D eigenvalue weighted by Crippen LogP contribution is 2.30. The third-order valence-corrected chi connectivity index (χ3v) is 4.36. The molecule has 0 aliphatic rings. The van der Waals surface area contributed by atoms with Gasteiger partial charge in [-0.05, 0) is 50.6 Å². The first-order chi connectivity index (χ1) is 9.93. The Bertz CT molecular complexity index is 609. The second-order valence-electron chi connectivity index (χ2n) is 5.76. The standard InChI is InChI=1S/C16H22BrN3O/c1-9(2)14(11(4)18-5)16-19-15(20-21-16)13-7-6-12(17)8-10(13)3/h6-9,11,14,18H,1-5H3. The minimum atomic E-state index is 0.201. The number of benzene rings is 1. The van der Waals surface area contributed by atoms with Crippen LogP contribution in [0.4, 0.5) is 0 Å². The van der Waals surface area contributed by atoms with Crippen LogP contribution in [0.1, 0.15) is 38.1 Å². The first-order valence-corrected chi connectivity index (χ1v) is 8.00. The average molecular weight is 352 g/mol. The maximum atomic E-state index is 5.54. The molecule has 0 bridgehead atoms. The van der Waals surface area contributed by atoms with E-state index < -0.39 is 0 Å². The van der Waals surface area contributed by atoms with Gasteiger partial charge in [-0.3, -0.25) is 0 Å². The Morgan fingerprint density at radius 2 is 1.95 bits per heavy atom. The zero-order chi connectivity index (χ0) is 15.6. The highest BCUT2D eigenvalue weighted by atomic mass is 79.9. The molecule has 2 unspecified atom stereocenters. The molecule has 0 amide bonds. The van der Waals surface area contributed by atoms with E-state index in [0.717, 1.165) is 15.6 Å². The van der Waals surface area contributed by atoms with Crippen LogP contribution in [0.5, 0.6) is 0 Å². The molecule has 5 heteroatoms. The molecule has 0 radical (unpaired) electrons. The monoisotopic (exact) mass is 351 g/mol. The zero-order valence-electron chi connectivity index (χ0n) is 13.1. The fourth-order valence-corrected chi connectivity index (χ4v) is 3.09. The van der Waals surface area contributed by atoms with Gasteiger partial charge in [0.2, 0.25) is 11.7 Å². The summed E-state index contributed by atoms with van der Waals surface area (Å²) in [5, 5.41) is 7.45. The van der Waals surface area contributed by atoms with Gasteiger partial charge in [-0.1, -0.05) is 34.9 Å². The lowest BCUT2D eigenvalue weighted by Gasteiger charge is -2.23. The molecule has 0 aliphatic carbocycles. The van der Waals surface area contributed by atoms with Crippen molar-refractivity contribution in [3.05, 3.63) is 34.1 Å². The predicted octanol–water partition coefficient (Wildman–Crippen LogP) is 4.16. The van der Waals surface area contributed by atoms with Gasteiger partial charge in [0, 0.05) is 16.1 Å². The van der Waals surface area contributed by atoms with Crippen molar-refractivity contribution in [1.29, 1.82) is 0 Å². The van der Waals surface area contributed by atoms with Gasteiger partial charge in [-0.25, -0.2) is 0 Å². The maximum absolute atomic E-state index is 5.54. The summed E-state index contributed by atoms with van der Waals surface area (Å²) in [5.74, 6) is 1.98. The van der Waals surface area contributed by atoms with Crippen LogP contribution >= 0.6 is 15.9 Å². The molecule has 1 heterocycles. The zero-order valence-corrected chi connectivity index (χ0v) is 14.7. The molecule has 114 valence electrons. The van der Waals surface area contributed by atoms with Gasteiger partial charge in [0.05, 0.1) is 5.92 Å².